The van der Waals surface area contributed by atoms with Gasteiger partial charge in [-0.05, 0) is 61.2 Å². The minimum atomic E-state index is -1.18. The van der Waals surface area contributed by atoms with E-state index in [1.54, 1.807) is 26.9 Å². The first-order chi connectivity index (χ1) is 21.3. The van der Waals surface area contributed by atoms with Crippen molar-refractivity contribution >= 4 is 39.9 Å². The number of amides is 3. The van der Waals surface area contributed by atoms with Crippen molar-refractivity contribution in [1.29, 1.82) is 0 Å². The van der Waals surface area contributed by atoms with Crippen LogP contribution in [0.2, 0.25) is 0 Å². The molecule has 3 aromatic rings. The molecule has 0 radical (unpaired) electrons. The molecule has 3 aliphatic heterocycles. The molecule has 8 heteroatoms. The van der Waals surface area contributed by atoms with Crippen molar-refractivity contribution in [3.8, 4) is 0 Å². The molecule has 2 bridgehead atoms. The molecule has 3 aliphatic rings. The number of para-hydroxylation sites is 1. The normalized spacial score (nSPS) is 26.9. The lowest BCUT2D eigenvalue weighted by molar-refractivity contribution is -0.144. The smallest absolute Gasteiger partial charge is 0.253 e. The van der Waals surface area contributed by atoms with Crippen molar-refractivity contribution in [1.82, 2.24) is 4.90 Å². The predicted molar refractivity (Wildman–Crippen MR) is 171 cm³/mol. The van der Waals surface area contributed by atoms with Crippen molar-refractivity contribution in [3.63, 3.8) is 0 Å². The number of hydrogen-bond donors (Lipinski definition) is 1. The van der Waals surface area contributed by atoms with E-state index in [0.717, 1.165) is 10.8 Å². The molecule has 228 valence electrons. The summed E-state index contributed by atoms with van der Waals surface area (Å²) in [5, 5.41) is 11.8. The van der Waals surface area contributed by atoms with Gasteiger partial charge in [0.2, 0.25) is 11.8 Å². The highest BCUT2D eigenvalue weighted by Gasteiger charge is 2.78. The Morgan fingerprint density at radius 3 is 2.27 bits per heavy atom. The second-order valence-corrected chi connectivity index (χ2v) is 12.2. The van der Waals surface area contributed by atoms with Crippen LogP contribution in [0.25, 0.3) is 10.8 Å². The van der Waals surface area contributed by atoms with Crippen LogP contribution in [0.1, 0.15) is 26.2 Å². The molecule has 3 fully saturated rings. The summed E-state index contributed by atoms with van der Waals surface area (Å²) in [6, 6.07) is 22.2. The van der Waals surface area contributed by atoms with E-state index in [-0.39, 0.29) is 44.0 Å². The van der Waals surface area contributed by atoms with E-state index in [9.17, 15) is 19.5 Å². The molecule has 1 N–H and O–H groups in total. The fourth-order valence-electron chi connectivity index (χ4n) is 7.73. The zero-order chi connectivity index (χ0) is 31.1. The number of nitrogens with zero attached hydrogens (tertiary/aromatic N) is 3. The zero-order valence-corrected chi connectivity index (χ0v) is 25.1. The highest BCUT2D eigenvalue weighted by atomic mass is 16.5. The number of hydrogen-bond acceptors (Lipinski definition) is 5. The molecule has 2 unspecified atom stereocenters. The number of anilines is 2. The molecule has 0 saturated carbocycles. The van der Waals surface area contributed by atoms with Gasteiger partial charge in [0.25, 0.3) is 5.91 Å². The second kappa shape index (κ2) is 11.7. The standard InChI is InChI=1S/C36H39N3O5/c1-4-20-37(27-14-7-6-8-15-27)32(41)29-30-33(42)39(22-11-23-40)31(36(30)19-18-35(29,3)44-36)34(43)38(21-5-2)28-17-16-25-12-9-10-13-26(25)24-28/h4-10,12-17,24,29-31,40H,1-2,11,18-23H2,3H3/t29-,30+,31?,35+,36?/m1/s1. The van der Waals surface area contributed by atoms with Crippen LogP contribution in [0.15, 0.2) is 98.1 Å². The molecule has 3 amide bonds. The van der Waals surface area contributed by atoms with Gasteiger partial charge in [-0.1, -0.05) is 60.7 Å². The Morgan fingerprint density at radius 2 is 1.59 bits per heavy atom. The van der Waals surface area contributed by atoms with Crippen molar-refractivity contribution in [2.24, 2.45) is 11.8 Å². The number of fused-ring (bicyclic) bond motifs is 2. The third-order valence-electron chi connectivity index (χ3n) is 9.60. The summed E-state index contributed by atoms with van der Waals surface area (Å²) in [7, 11) is 0. The fourth-order valence-corrected chi connectivity index (χ4v) is 7.73. The first kappa shape index (κ1) is 29.8. The molecule has 1 spiro atoms. The van der Waals surface area contributed by atoms with Crippen molar-refractivity contribution in [2.45, 2.75) is 43.4 Å². The number of carbonyl (C=O) groups is 3. The molecule has 8 nitrogen and oxygen atoms in total. The van der Waals surface area contributed by atoms with E-state index < -0.39 is 29.1 Å². The van der Waals surface area contributed by atoms with Crippen molar-refractivity contribution < 1.29 is 24.2 Å². The molecular formula is C36H39N3O5. The minimum Gasteiger partial charge on any atom is -0.396 e. The molecule has 0 aliphatic carbocycles. The number of aliphatic hydroxyl groups is 1. The quantitative estimate of drug-likeness (QED) is 0.325. The van der Waals surface area contributed by atoms with Gasteiger partial charge in [0.1, 0.15) is 11.6 Å². The number of benzene rings is 3. The van der Waals surface area contributed by atoms with Gasteiger partial charge >= 0.3 is 0 Å². The Bertz CT molecular complexity index is 1610. The lowest BCUT2D eigenvalue weighted by atomic mass is 9.66. The topological polar surface area (TPSA) is 90.4 Å². The minimum absolute atomic E-state index is 0.133. The molecule has 44 heavy (non-hydrogen) atoms. The second-order valence-electron chi connectivity index (χ2n) is 12.2. The average Bonchev–Trinajstić information content (AvgIpc) is 3.61. The van der Waals surface area contributed by atoms with E-state index in [4.69, 9.17) is 4.74 Å². The number of likely N-dealkylation sites (tertiary alicyclic amines) is 1. The van der Waals surface area contributed by atoms with E-state index in [0.29, 0.717) is 30.6 Å². The third kappa shape index (κ3) is 4.64. The molecule has 0 aromatic heterocycles. The summed E-state index contributed by atoms with van der Waals surface area (Å²) in [6.07, 6.45) is 4.66. The molecule has 3 aromatic carbocycles. The number of carbonyl (C=O) groups excluding carboxylic acids is 3. The van der Waals surface area contributed by atoms with Gasteiger partial charge in [-0.25, -0.2) is 0 Å². The van der Waals surface area contributed by atoms with E-state index in [1.807, 2.05) is 79.7 Å². The maximum Gasteiger partial charge on any atom is 0.253 e. The number of aliphatic hydroxyl groups excluding tert-OH is 1. The highest BCUT2D eigenvalue weighted by molar-refractivity contribution is 6.07. The summed E-state index contributed by atoms with van der Waals surface area (Å²) in [5.41, 5.74) is -0.692. The van der Waals surface area contributed by atoms with E-state index in [2.05, 4.69) is 13.2 Å². The van der Waals surface area contributed by atoms with Gasteiger partial charge in [0, 0.05) is 37.6 Å². The molecule has 3 saturated heterocycles. The van der Waals surface area contributed by atoms with Crippen LogP contribution in [0, 0.1) is 11.8 Å². The van der Waals surface area contributed by atoms with E-state index >= 15 is 0 Å². The lowest BCUT2D eigenvalue weighted by Crippen LogP contribution is -2.56. The summed E-state index contributed by atoms with van der Waals surface area (Å²) in [4.78, 5) is 48.6. The maximum atomic E-state index is 14.8. The Kier molecular flexibility index (Phi) is 7.90. The van der Waals surface area contributed by atoms with Crippen LogP contribution in [-0.4, -0.2) is 71.2 Å². The van der Waals surface area contributed by atoms with Crippen LogP contribution < -0.4 is 9.80 Å². The van der Waals surface area contributed by atoms with Crippen LogP contribution in [0.5, 0.6) is 0 Å². The van der Waals surface area contributed by atoms with Gasteiger partial charge in [-0.15, -0.1) is 13.2 Å². The lowest BCUT2D eigenvalue weighted by Gasteiger charge is -2.37. The predicted octanol–water partition coefficient (Wildman–Crippen LogP) is 4.73. The molecule has 3 heterocycles. The molecule has 5 atom stereocenters. The Balaban J connectivity index is 1.42. The summed E-state index contributed by atoms with van der Waals surface area (Å²) < 4.78 is 6.85. The van der Waals surface area contributed by atoms with Crippen LogP contribution in [0.3, 0.4) is 0 Å². The van der Waals surface area contributed by atoms with Crippen molar-refractivity contribution in [2.75, 3.05) is 36.0 Å². The Labute approximate surface area is 258 Å². The molecule has 6 rings (SSSR count). The number of rotatable bonds is 11. The maximum absolute atomic E-state index is 14.8. The van der Waals surface area contributed by atoms with Gasteiger partial charge in [0.15, 0.2) is 0 Å². The summed E-state index contributed by atoms with van der Waals surface area (Å²) in [6.45, 7) is 10.2. The Morgan fingerprint density at radius 1 is 0.932 bits per heavy atom. The highest BCUT2D eigenvalue weighted by Crippen LogP contribution is 2.63. The molecular weight excluding hydrogens is 554 g/mol. The number of ether oxygens (including phenoxy) is 1. The van der Waals surface area contributed by atoms with Crippen LogP contribution in [0.4, 0.5) is 11.4 Å². The first-order valence-electron chi connectivity index (χ1n) is 15.3. The third-order valence-corrected chi connectivity index (χ3v) is 9.60. The van der Waals surface area contributed by atoms with Gasteiger partial charge in [0.05, 0.1) is 17.4 Å². The van der Waals surface area contributed by atoms with Crippen molar-refractivity contribution in [3.05, 3.63) is 98.1 Å². The van der Waals surface area contributed by atoms with Crippen LogP contribution in [-0.2, 0) is 19.1 Å². The monoisotopic (exact) mass is 593 g/mol. The first-order valence-corrected chi connectivity index (χ1v) is 15.3. The van der Waals surface area contributed by atoms with E-state index in [1.165, 1.54) is 0 Å². The fraction of sp³-hybridized carbons (Fsp3) is 0.361. The zero-order valence-electron chi connectivity index (χ0n) is 25.1. The average molecular weight is 594 g/mol. The van der Waals surface area contributed by atoms with Gasteiger partial charge < -0.3 is 24.5 Å². The summed E-state index contributed by atoms with van der Waals surface area (Å²) >= 11 is 0. The summed E-state index contributed by atoms with van der Waals surface area (Å²) in [5.74, 6) is -2.39. The van der Waals surface area contributed by atoms with Gasteiger partial charge in [-0.3, -0.25) is 14.4 Å². The largest absolute Gasteiger partial charge is 0.396 e. The van der Waals surface area contributed by atoms with Gasteiger partial charge in [-0.2, -0.15) is 0 Å². The Hall–Kier alpha value is -4.27. The van der Waals surface area contributed by atoms with Crippen LogP contribution >= 0.6 is 0 Å². The SMILES string of the molecule is C=CCN(C(=O)C1N(CCCO)C(=O)[C@@H]2[C@H](C(=O)N(CC=C)c3ccccc3)[C@]3(C)CCC12O3)c1ccc2ccccc2c1.